The Labute approximate surface area is 112 Å². The van der Waals surface area contributed by atoms with Crippen molar-refractivity contribution in [3.8, 4) is 0 Å². The smallest absolute Gasteiger partial charge is 0.0963 e. The van der Waals surface area contributed by atoms with Crippen molar-refractivity contribution in [1.82, 2.24) is 34.9 Å². The predicted molar refractivity (Wildman–Crippen MR) is 68.8 cm³/mol. The Morgan fingerprint density at radius 3 is 1.95 bits per heavy atom. The van der Waals surface area contributed by atoms with E-state index in [1.807, 2.05) is 21.8 Å². The Kier molecular flexibility index (Phi) is 3.83. The lowest BCUT2D eigenvalue weighted by molar-refractivity contribution is 0.0718. The molecule has 0 aromatic carbocycles. The number of hydrogen-bond donors (Lipinski definition) is 0. The molecule has 0 saturated heterocycles. The minimum Gasteiger partial charge on any atom is -0.262 e. The summed E-state index contributed by atoms with van der Waals surface area (Å²) in [6.07, 6.45) is 13.7. The van der Waals surface area contributed by atoms with Gasteiger partial charge in [-0.1, -0.05) is 29.7 Å². The Morgan fingerprint density at radius 1 is 0.895 bits per heavy atom. The molecule has 1 aliphatic carbocycles. The van der Waals surface area contributed by atoms with Crippen LogP contribution in [0.4, 0.5) is 0 Å². The first kappa shape index (κ1) is 12.3. The van der Waals surface area contributed by atoms with Gasteiger partial charge in [-0.05, 0) is 12.8 Å². The maximum atomic E-state index is 4.06. The highest BCUT2D eigenvalue weighted by Crippen LogP contribution is 2.23. The van der Waals surface area contributed by atoms with Crippen molar-refractivity contribution < 1.29 is 0 Å². The third kappa shape index (κ3) is 3.17. The molecule has 0 radical (unpaired) electrons. The van der Waals surface area contributed by atoms with Gasteiger partial charge in [0.1, 0.15) is 0 Å². The summed E-state index contributed by atoms with van der Waals surface area (Å²) >= 11 is 0. The molecule has 102 valence electrons. The summed E-state index contributed by atoms with van der Waals surface area (Å²) < 4.78 is 3.73. The van der Waals surface area contributed by atoms with Crippen molar-refractivity contribution in [2.24, 2.45) is 0 Å². The quantitative estimate of drug-likeness (QED) is 0.807. The SMILES string of the molecule is c1cn(CN(Cn2ccnn2)C2CCCCC2)nn1. The molecule has 0 atom stereocenters. The molecule has 3 rings (SSSR count). The molecule has 1 fully saturated rings. The second kappa shape index (κ2) is 5.92. The highest BCUT2D eigenvalue weighted by molar-refractivity contribution is 4.75. The predicted octanol–water partition coefficient (Wildman–Crippen LogP) is 1.12. The Balaban J connectivity index is 1.70. The van der Waals surface area contributed by atoms with Crippen molar-refractivity contribution in [3.63, 3.8) is 0 Å². The van der Waals surface area contributed by atoms with Gasteiger partial charge < -0.3 is 0 Å². The zero-order valence-electron chi connectivity index (χ0n) is 11.0. The van der Waals surface area contributed by atoms with Crippen LogP contribution in [0.25, 0.3) is 0 Å². The first-order valence-corrected chi connectivity index (χ1v) is 6.84. The van der Waals surface area contributed by atoms with Gasteiger partial charge in [0.25, 0.3) is 0 Å². The summed E-state index contributed by atoms with van der Waals surface area (Å²) in [4.78, 5) is 2.41. The molecule has 0 aliphatic heterocycles. The van der Waals surface area contributed by atoms with Crippen LogP contribution in [-0.4, -0.2) is 40.9 Å². The van der Waals surface area contributed by atoms with Crippen LogP contribution in [-0.2, 0) is 13.3 Å². The zero-order valence-corrected chi connectivity index (χ0v) is 11.0. The van der Waals surface area contributed by atoms with Gasteiger partial charge in [0.2, 0.25) is 0 Å². The summed E-state index contributed by atoms with van der Waals surface area (Å²) in [5, 5.41) is 15.9. The molecule has 19 heavy (non-hydrogen) atoms. The van der Waals surface area contributed by atoms with E-state index in [2.05, 4.69) is 25.5 Å². The maximum absolute atomic E-state index is 4.06. The van der Waals surface area contributed by atoms with E-state index in [1.54, 1.807) is 12.4 Å². The van der Waals surface area contributed by atoms with Crippen molar-refractivity contribution in [3.05, 3.63) is 24.8 Å². The van der Waals surface area contributed by atoms with Crippen LogP contribution < -0.4 is 0 Å². The molecule has 2 aromatic rings. The average molecular weight is 261 g/mol. The van der Waals surface area contributed by atoms with E-state index in [1.165, 1.54) is 32.1 Å². The zero-order chi connectivity index (χ0) is 12.9. The highest BCUT2D eigenvalue weighted by Gasteiger charge is 2.22. The van der Waals surface area contributed by atoms with Crippen LogP contribution in [0.2, 0.25) is 0 Å². The molecular weight excluding hydrogens is 242 g/mol. The topological polar surface area (TPSA) is 64.7 Å². The lowest BCUT2D eigenvalue weighted by atomic mass is 9.94. The molecule has 7 nitrogen and oxygen atoms in total. The number of aromatic nitrogens is 6. The lowest BCUT2D eigenvalue weighted by Gasteiger charge is -2.33. The van der Waals surface area contributed by atoms with E-state index in [0.29, 0.717) is 6.04 Å². The van der Waals surface area contributed by atoms with Crippen LogP contribution in [0.1, 0.15) is 32.1 Å². The van der Waals surface area contributed by atoms with Gasteiger partial charge in [0.05, 0.1) is 25.7 Å². The first-order valence-electron chi connectivity index (χ1n) is 6.84. The first-order chi connectivity index (χ1) is 9.42. The van der Waals surface area contributed by atoms with Crippen molar-refractivity contribution >= 4 is 0 Å². The largest absolute Gasteiger partial charge is 0.262 e. The third-order valence-corrected chi connectivity index (χ3v) is 3.69. The monoisotopic (exact) mass is 261 g/mol. The van der Waals surface area contributed by atoms with Crippen molar-refractivity contribution in [2.75, 3.05) is 0 Å². The summed E-state index contributed by atoms with van der Waals surface area (Å²) in [5.74, 6) is 0. The molecule has 0 unspecified atom stereocenters. The van der Waals surface area contributed by atoms with Crippen LogP contribution in [0, 0.1) is 0 Å². The number of rotatable bonds is 5. The standard InChI is InChI=1S/C12H19N7/c1-2-4-12(5-3-1)17(10-18-8-6-13-15-18)11-19-9-7-14-16-19/h6-9,12H,1-5,10-11H2. The summed E-state index contributed by atoms with van der Waals surface area (Å²) in [6, 6.07) is 0.599. The summed E-state index contributed by atoms with van der Waals surface area (Å²) in [5.41, 5.74) is 0. The van der Waals surface area contributed by atoms with Crippen LogP contribution in [0.3, 0.4) is 0 Å². The molecule has 7 heteroatoms. The fourth-order valence-electron chi connectivity index (χ4n) is 2.71. The maximum Gasteiger partial charge on any atom is 0.0963 e. The van der Waals surface area contributed by atoms with Crippen LogP contribution in [0.15, 0.2) is 24.8 Å². The normalized spacial score (nSPS) is 17.1. The molecule has 2 aromatic heterocycles. The van der Waals surface area contributed by atoms with E-state index >= 15 is 0 Å². The minimum atomic E-state index is 0.599. The molecule has 1 aliphatic rings. The van der Waals surface area contributed by atoms with Gasteiger partial charge >= 0.3 is 0 Å². The third-order valence-electron chi connectivity index (χ3n) is 3.69. The van der Waals surface area contributed by atoms with E-state index in [4.69, 9.17) is 0 Å². The van der Waals surface area contributed by atoms with Gasteiger partial charge in [-0.25, -0.2) is 9.36 Å². The van der Waals surface area contributed by atoms with Crippen molar-refractivity contribution in [1.29, 1.82) is 0 Å². The van der Waals surface area contributed by atoms with Gasteiger partial charge in [-0.2, -0.15) is 0 Å². The minimum absolute atomic E-state index is 0.599. The van der Waals surface area contributed by atoms with Crippen LogP contribution >= 0.6 is 0 Å². The highest BCUT2D eigenvalue weighted by atomic mass is 15.5. The molecule has 0 bridgehead atoms. The molecular formula is C12H19N7. The van der Waals surface area contributed by atoms with E-state index in [0.717, 1.165) is 13.3 Å². The van der Waals surface area contributed by atoms with Gasteiger partial charge in [-0.3, -0.25) is 4.90 Å². The summed E-state index contributed by atoms with van der Waals surface area (Å²) in [7, 11) is 0. The Hall–Kier alpha value is -1.76. The van der Waals surface area contributed by atoms with Crippen LogP contribution in [0.5, 0.6) is 0 Å². The second-order valence-electron chi connectivity index (χ2n) is 5.05. The Morgan fingerprint density at radius 2 is 1.47 bits per heavy atom. The molecule has 0 spiro atoms. The Bertz CT molecular complexity index is 422. The number of hydrogen-bond acceptors (Lipinski definition) is 5. The fraction of sp³-hybridized carbons (Fsp3) is 0.667. The average Bonchev–Trinajstić information content (AvgIpc) is 3.12. The van der Waals surface area contributed by atoms with Gasteiger partial charge in [0, 0.05) is 18.4 Å². The van der Waals surface area contributed by atoms with Crippen molar-refractivity contribution in [2.45, 2.75) is 51.5 Å². The van der Waals surface area contributed by atoms with E-state index in [-0.39, 0.29) is 0 Å². The summed E-state index contributed by atoms with van der Waals surface area (Å²) in [6.45, 7) is 1.51. The fourth-order valence-corrected chi connectivity index (χ4v) is 2.71. The van der Waals surface area contributed by atoms with Gasteiger partial charge in [-0.15, -0.1) is 10.2 Å². The van der Waals surface area contributed by atoms with E-state index < -0.39 is 0 Å². The lowest BCUT2D eigenvalue weighted by Crippen LogP contribution is -2.39. The second-order valence-corrected chi connectivity index (χ2v) is 5.05. The number of nitrogens with zero attached hydrogens (tertiary/aromatic N) is 7. The molecule has 1 saturated carbocycles. The molecule has 2 heterocycles. The van der Waals surface area contributed by atoms with Gasteiger partial charge in [0.15, 0.2) is 0 Å². The molecule has 0 N–H and O–H groups in total. The molecule has 0 amide bonds. The van der Waals surface area contributed by atoms with E-state index in [9.17, 15) is 0 Å².